The van der Waals surface area contributed by atoms with E-state index in [4.69, 9.17) is 27.7 Å². The topological polar surface area (TPSA) is 213 Å². The molecule has 0 bridgehead atoms. The second-order valence-electron chi connectivity index (χ2n) is 10.9. The van der Waals surface area contributed by atoms with Crippen LogP contribution in [0.4, 0.5) is 0 Å². The molecule has 8 N–H and O–H groups in total. The minimum atomic E-state index is -4.67. The van der Waals surface area contributed by atoms with Crippen LogP contribution in [0.5, 0.6) is 34.5 Å². The van der Waals surface area contributed by atoms with Crippen molar-refractivity contribution in [3.05, 3.63) is 70.3 Å². The van der Waals surface area contributed by atoms with Crippen LogP contribution in [0.2, 0.25) is 0 Å². The van der Waals surface area contributed by atoms with E-state index in [1.54, 1.807) is 30.3 Å². The standard InChI is InChI=1S/C22H30O4.C9H12O2.C4H8O.CH4.H2O4S/c1-4-7-14-10-19(23)21(25)12-17(14)16(9-6-3)18-13-22(26)20(24)11-15(18)8-5-2;1-2-3-7-4-5-8(10)9(11)6-7;1-2-3-4-5;;1-5(2,3)4/h10-13,16,23-26H,4-9H2,1-3H3;4-6,10-11H,2-3H2,1H3;4H,2-3H2,1H3;1H4;(H2,1,2,3,4). The number of aldehydes is 1. The Labute approximate surface area is 286 Å². The number of phenols is 6. The molecule has 3 aromatic carbocycles. The minimum absolute atomic E-state index is 0. The summed E-state index contributed by atoms with van der Waals surface area (Å²) in [6, 6.07) is 11.5. The maximum atomic E-state index is 10.1. The summed E-state index contributed by atoms with van der Waals surface area (Å²) in [5, 5.41) is 58.1. The molecule has 3 rings (SSSR count). The Hall–Kier alpha value is -4.00. The quantitative estimate of drug-likeness (QED) is 0.0511. The number of unbranched alkanes of at least 4 members (excludes halogenated alkanes) is 1. The largest absolute Gasteiger partial charge is 0.504 e. The van der Waals surface area contributed by atoms with Crippen molar-refractivity contribution >= 4 is 16.7 Å². The van der Waals surface area contributed by atoms with Gasteiger partial charge in [0.2, 0.25) is 0 Å². The predicted molar refractivity (Wildman–Crippen MR) is 190 cm³/mol. The van der Waals surface area contributed by atoms with Crippen molar-refractivity contribution in [1.82, 2.24) is 0 Å². The molecule has 0 aliphatic carbocycles. The number of aromatic hydroxyl groups is 6. The Kier molecular flexibility index (Phi) is 23.2. The summed E-state index contributed by atoms with van der Waals surface area (Å²) in [5.74, 6) is -0.548. The molecule has 0 atom stereocenters. The number of rotatable bonds is 12. The molecule has 48 heavy (non-hydrogen) atoms. The highest BCUT2D eigenvalue weighted by Gasteiger charge is 2.23. The van der Waals surface area contributed by atoms with Crippen molar-refractivity contribution < 1.29 is 53.0 Å². The Morgan fingerprint density at radius 3 is 1.29 bits per heavy atom. The van der Waals surface area contributed by atoms with Gasteiger partial charge in [0.1, 0.15) is 6.29 Å². The molecule has 0 unspecified atom stereocenters. The van der Waals surface area contributed by atoms with Crippen LogP contribution >= 0.6 is 0 Å². The normalized spacial score (nSPS) is 10.3. The predicted octanol–water partition coefficient (Wildman–Crippen LogP) is 8.37. The molecular formula is C36H56O11S. The molecule has 0 heterocycles. The van der Waals surface area contributed by atoms with E-state index in [1.807, 2.05) is 13.0 Å². The second kappa shape index (κ2) is 24.2. The lowest BCUT2D eigenvalue weighted by atomic mass is 9.81. The molecule has 0 fully saturated rings. The molecule has 0 radical (unpaired) electrons. The summed E-state index contributed by atoms with van der Waals surface area (Å²) in [7, 11) is -4.67. The fourth-order valence-corrected chi connectivity index (χ4v) is 4.79. The molecule has 3 aromatic rings. The smallest absolute Gasteiger partial charge is 0.394 e. The van der Waals surface area contributed by atoms with Crippen LogP contribution in [0, 0.1) is 0 Å². The van der Waals surface area contributed by atoms with Gasteiger partial charge in [-0.25, -0.2) is 0 Å². The van der Waals surface area contributed by atoms with Gasteiger partial charge in [-0.15, -0.1) is 0 Å². The monoisotopic (exact) mass is 696 g/mol. The number of aryl methyl sites for hydroxylation is 3. The van der Waals surface area contributed by atoms with Gasteiger partial charge in [-0.2, -0.15) is 8.42 Å². The van der Waals surface area contributed by atoms with Gasteiger partial charge in [-0.05, 0) is 96.3 Å². The van der Waals surface area contributed by atoms with E-state index in [2.05, 4.69) is 27.7 Å². The van der Waals surface area contributed by atoms with E-state index in [1.165, 1.54) is 6.07 Å². The van der Waals surface area contributed by atoms with Gasteiger partial charge in [0, 0.05) is 12.3 Å². The van der Waals surface area contributed by atoms with E-state index in [9.17, 15) is 25.2 Å². The first-order valence-corrected chi connectivity index (χ1v) is 17.2. The molecule has 0 spiro atoms. The average molecular weight is 697 g/mol. The van der Waals surface area contributed by atoms with E-state index >= 15 is 0 Å². The van der Waals surface area contributed by atoms with Crippen molar-refractivity contribution in [3.8, 4) is 34.5 Å². The van der Waals surface area contributed by atoms with Gasteiger partial charge < -0.3 is 35.4 Å². The van der Waals surface area contributed by atoms with Crippen LogP contribution in [-0.2, 0) is 34.5 Å². The van der Waals surface area contributed by atoms with Crippen LogP contribution < -0.4 is 0 Å². The molecule has 0 saturated heterocycles. The number of carbonyl (C=O) groups excluding carboxylic acids is 1. The number of benzene rings is 3. The lowest BCUT2D eigenvalue weighted by Gasteiger charge is -2.24. The summed E-state index contributed by atoms with van der Waals surface area (Å²) >= 11 is 0. The molecule has 0 aliphatic rings. The molecule has 0 aliphatic heterocycles. The van der Waals surface area contributed by atoms with Crippen LogP contribution in [0.3, 0.4) is 0 Å². The zero-order chi connectivity index (χ0) is 36.2. The minimum Gasteiger partial charge on any atom is -0.504 e. The summed E-state index contributed by atoms with van der Waals surface area (Å²) in [5.41, 5.74) is 5.04. The van der Waals surface area contributed by atoms with Gasteiger partial charge in [0.05, 0.1) is 0 Å². The fourth-order valence-electron chi connectivity index (χ4n) is 4.79. The molecule has 0 aromatic heterocycles. The highest BCUT2D eigenvalue weighted by Crippen LogP contribution is 2.42. The first kappa shape index (κ1) is 46.1. The SMILES string of the molecule is C.CCCC=O.CCCc1cc(O)c(O)cc1C(CCC)c1cc(O)c(O)cc1CCC.CCCc1ccc(O)c(O)c1.O=S(=O)(O)O. The van der Waals surface area contributed by atoms with Crippen molar-refractivity contribution in [1.29, 1.82) is 0 Å². The summed E-state index contributed by atoms with van der Waals surface area (Å²) < 4.78 is 31.6. The van der Waals surface area contributed by atoms with Crippen LogP contribution in [0.25, 0.3) is 0 Å². The zero-order valence-electron chi connectivity index (χ0n) is 28.0. The number of hydrogen-bond acceptors (Lipinski definition) is 9. The lowest BCUT2D eigenvalue weighted by Crippen LogP contribution is -2.08. The maximum absolute atomic E-state index is 10.1. The third kappa shape index (κ3) is 17.8. The number of carbonyl (C=O) groups is 1. The first-order chi connectivity index (χ1) is 22.1. The fraction of sp³-hybridized carbons (Fsp3) is 0.472. The van der Waals surface area contributed by atoms with Crippen LogP contribution in [0.15, 0.2) is 42.5 Å². The summed E-state index contributed by atoms with van der Waals surface area (Å²) in [6.45, 7) is 10.3. The molecule has 272 valence electrons. The average Bonchev–Trinajstić information content (AvgIpc) is 2.98. The van der Waals surface area contributed by atoms with Crippen molar-refractivity contribution in [2.75, 3.05) is 0 Å². The van der Waals surface area contributed by atoms with Crippen LogP contribution in [-0.4, -0.2) is 54.4 Å². The number of hydrogen-bond donors (Lipinski definition) is 8. The van der Waals surface area contributed by atoms with Gasteiger partial charge in [0.15, 0.2) is 34.5 Å². The molecule has 12 heteroatoms. The molecule has 0 saturated carbocycles. The third-order valence-corrected chi connectivity index (χ3v) is 6.82. The second-order valence-corrected chi connectivity index (χ2v) is 11.8. The van der Waals surface area contributed by atoms with Gasteiger partial charge >= 0.3 is 10.4 Å². The first-order valence-electron chi connectivity index (χ1n) is 15.8. The van der Waals surface area contributed by atoms with E-state index < -0.39 is 10.4 Å². The summed E-state index contributed by atoms with van der Waals surface area (Å²) in [4.78, 5) is 9.40. The third-order valence-electron chi connectivity index (χ3n) is 6.82. The Balaban J connectivity index is 0. The zero-order valence-corrected chi connectivity index (χ0v) is 28.8. The Morgan fingerprint density at radius 1 is 0.583 bits per heavy atom. The van der Waals surface area contributed by atoms with Gasteiger partial charge in [0.25, 0.3) is 0 Å². The molecule has 0 amide bonds. The highest BCUT2D eigenvalue weighted by molar-refractivity contribution is 7.79. The lowest BCUT2D eigenvalue weighted by molar-refractivity contribution is -0.107. The van der Waals surface area contributed by atoms with Crippen molar-refractivity contribution in [2.45, 2.75) is 112 Å². The van der Waals surface area contributed by atoms with E-state index in [0.717, 1.165) is 91.9 Å². The van der Waals surface area contributed by atoms with Crippen molar-refractivity contribution in [2.24, 2.45) is 0 Å². The van der Waals surface area contributed by atoms with Gasteiger partial charge in [-0.1, -0.05) is 73.8 Å². The van der Waals surface area contributed by atoms with Crippen molar-refractivity contribution in [3.63, 3.8) is 0 Å². The van der Waals surface area contributed by atoms with Gasteiger partial charge in [-0.3, -0.25) is 9.11 Å². The Morgan fingerprint density at radius 2 is 0.979 bits per heavy atom. The highest BCUT2D eigenvalue weighted by atomic mass is 32.3. The van der Waals surface area contributed by atoms with E-state index in [-0.39, 0.29) is 47.8 Å². The molecule has 11 nitrogen and oxygen atoms in total. The van der Waals surface area contributed by atoms with E-state index in [0.29, 0.717) is 6.42 Å². The maximum Gasteiger partial charge on any atom is 0.394 e. The summed E-state index contributed by atoms with van der Waals surface area (Å²) in [6.07, 6.45) is 9.85. The Bertz CT molecular complexity index is 1400. The molecular weight excluding hydrogens is 640 g/mol. The number of phenolic OH excluding ortho intramolecular Hbond substituents is 6. The van der Waals surface area contributed by atoms with Crippen LogP contribution in [0.1, 0.15) is 121 Å².